The van der Waals surface area contributed by atoms with Gasteiger partial charge in [-0.3, -0.25) is 9.59 Å². The minimum absolute atomic E-state index is 0.117. The highest BCUT2D eigenvalue weighted by molar-refractivity contribution is 9.10. The number of carbonyl (C=O) groups is 2. The molecule has 0 unspecified atom stereocenters. The first kappa shape index (κ1) is 19.0. The van der Waals surface area contributed by atoms with E-state index in [1.807, 2.05) is 0 Å². The number of rotatable bonds is 5. The summed E-state index contributed by atoms with van der Waals surface area (Å²) < 4.78 is 39.8. The lowest BCUT2D eigenvalue weighted by Crippen LogP contribution is -2.46. The lowest BCUT2D eigenvalue weighted by atomic mass is 9.99. The number of amides is 2. The molecule has 3 N–H and O–H groups in total. The molecule has 2 aromatic rings. The van der Waals surface area contributed by atoms with Crippen LogP contribution in [-0.4, -0.2) is 17.9 Å². The van der Waals surface area contributed by atoms with Crippen molar-refractivity contribution in [3.05, 3.63) is 69.7 Å². The molecule has 0 aromatic heterocycles. The number of nitrogens with one attached hydrogen (secondary N) is 1. The molecule has 0 saturated heterocycles. The highest BCUT2D eigenvalue weighted by atomic mass is 79.9. The van der Waals surface area contributed by atoms with E-state index < -0.39 is 29.6 Å². The zero-order valence-electron chi connectivity index (χ0n) is 12.8. The summed E-state index contributed by atoms with van der Waals surface area (Å²) in [6, 6.07) is 9.96. The van der Waals surface area contributed by atoms with Crippen LogP contribution in [0.4, 0.5) is 13.2 Å². The molecule has 1 atom stereocenters. The second kappa shape index (κ2) is 7.69. The minimum Gasteiger partial charge on any atom is -0.368 e. The third kappa shape index (κ3) is 5.06. The number of nitrogens with two attached hydrogens (primary N) is 1. The Labute approximate surface area is 150 Å². The van der Waals surface area contributed by atoms with Gasteiger partial charge >= 0.3 is 6.18 Å². The lowest BCUT2D eigenvalue weighted by molar-refractivity contribution is -0.138. The zero-order valence-corrected chi connectivity index (χ0v) is 14.4. The first-order chi connectivity index (χ1) is 11.7. The molecule has 0 bridgehead atoms. The Bertz CT molecular complexity index is 793. The van der Waals surface area contributed by atoms with E-state index in [-0.39, 0.29) is 17.5 Å². The topological polar surface area (TPSA) is 72.2 Å². The van der Waals surface area contributed by atoms with E-state index in [0.717, 1.165) is 6.07 Å². The maximum atomic E-state index is 13.1. The summed E-state index contributed by atoms with van der Waals surface area (Å²) in [5.74, 6) is -1.52. The average Bonchev–Trinajstić information content (AvgIpc) is 2.53. The summed E-state index contributed by atoms with van der Waals surface area (Å²) in [6.07, 6.45) is -4.92. The van der Waals surface area contributed by atoms with Crippen LogP contribution in [0.25, 0.3) is 0 Å². The molecule has 0 aliphatic carbocycles. The maximum Gasteiger partial charge on any atom is 0.416 e. The van der Waals surface area contributed by atoms with Crippen LogP contribution in [0.3, 0.4) is 0 Å². The molecule has 2 aromatic carbocycles. The van der Waals surface area contributed by atoms with E-state index in [4.69, 9.17) is 5.73 Å². The summed E-state index contributed by atoms with van der Waals surface area (Å²) in [7, 11) is 0. The first-order valence-electron chi connectivity index (χ1n) is 7.19. The summed E-state index contributed by atoms with van der Waals surface area (Å²) >= 11 is 3.21. The molecule has 8 heteroatoms. The van der Waals surface area contributed by atoms with Gasteiger partial charge < -0.3 is 11.1 Å². The van der Waals surface area contributed by atoms with Crippen molar-refractivity contribution in [2.45, 2.75) is 18.6 Å². The lowest BCUT2D eigenvalue weighted by Gasteiger charge is -2.18. The number of hydrogen-bond acceptors (Lipinski definition) is 2. The number of benzene rings is 2. The zero-order chi connectivity index (χ0) is 18.6. The van der Waals surface area contributed by atoms with Gasteiger partial charge in [0.15, 0.2) is 0 Å². The monoisotopic (exact) mass is 414 g/mol. The summed E-state index contributed by atoms with van der Waals surface area (Å²) in [6.45, 7) is 0. The normalized spacial score (nSPS) is 12.5. The Hall–Kier alpha value is -2.35. The second-order valence-electron chi connectivity index (χ2n) is 5.30. The standard InChI is InChI=1S/C17H14BrF3N2O2/c18-12-6-3-5-11(8-12)16(25)23-14(15(22)24)9-10-4-1-2-7-13(10)17(19,20)21/h1-8,14H,9H2,(H2,22,24)(H,23,25)/t14-/m1/s1. The molecule has 2 amide bonds. The van der Waals surface area contributed by atoms with Gasteiger partial charge in [0.1, 0.15) is 6.04 Å². The van der Waals surface area contributed by atoms with Crippen LogP contribution < -0.4 is 11.1 Å². The van der Waals surface area contributed by atoms with E-state index >= 15 is 0 Å². The predicted molar refractivity (Wildman–Crippen MR) is 89.7 cm³/mol. The van der Waals surface area contributed by atoms with Gasteiger partial charge in [-0.15, -0.1) is 0 Å². The van der Waals surface area contributed by atoms with Crippen molar-refractivity contribution in [2.24, 2.45) is 5.73 Å². The molecular formula is C17H14BrF3N2O2. The predicted octanol–water partition coefficient (Wildman–Crippen LogP) is 3.29. The smallest absolute Gasteiger partial charge is 0.368 e. The van der Waals surface area contributed by atoms with Crippen molar-refractivity contribution in [3.63, 3.8) is 0 Å². The Balaban J connectivity index is 2.23. The molecule has 0 aliphatic heterocycles. The van der Waals surface area contributed by atoms with Gasteiger partial charge in [0, 0.05) is 16.5 Å². The maximum absolute atomic E-state index is 13.1. The molecule has 132 valence electrons. The highest BCUT2D eigenvalue weighted by Crippen LogP contribution is 2.32. The molecule has 2 rings (SSSR count). The van der Waals surface area contributed by atoms with Crippen molar-refractivity contribution in [2.75, 3.05) is 0 Å². The van der Waals surface area contributed by atoms with Crippen molar-refractivity contribution in [3.8, 4) is 0 Å². The minimum atomic E-state index is -4.56. The highest BCUT2D eigenvalue weighted by Gasteiger charge is 2.34. The van der Waals surface area contributed by atoms with Crippen molar-refractivity contribution in [1.29, 1.82) is 0 Å². The van der Waals surface area contributed by atoms with Gasteiger partial charge in [0.2, 0.25) is 5.91 Å². The van der Waals surface area contributed by atoms with E-state index in [0.29, 0.717) is 4.47 Å². The summed E-state index contributed by atoms with van der Waals surface area (Å²) in [5, 5.41) is 2.39. The molecule has 0 spiro atoms. The van der Waals surface area contributed by atoms with Crippen LogP contribution >= 0.6 is 15.9 Å². The van der Waals surface area contributed by atoms with E-state index in [9.17, 15) is 22.8 Å². The van der Waals surface area contributed by atoms with Crippen LogP contribution in [0.2, 0.25) is 0 Å². The summed E-state index contributed by atoms with van der Waals surface area (Å²) in [4.78, 5) is 23.8. The Morgan fingerprint density at radius 1 is 1.12 bits per heavy atom. The largest absolute Gasteiger partial charge is 0.416 e. The van der Waals surface area contributed by atoms with Crippen LogP contribution in [0, 0.1) is 0 Å². The van der Waals surface area contributed by atoms with Gasteiger partial charge in [-0.05, 0) is 29.8 Å². The van der Waals surface area contributed by atoms with Gasteiger partial charge in [-0.1, -0.05) is 40.2 Å². The van der Waals surface area contributed by atoms with Crippen molar-refractivity contribution in [1.82, 2.24) is 5.32 Å². The molecule has 0 heterocycles. The number of carbonyl (C=O) groups excluding carboxylic acids is 2. The van der Waals surface area contributed by atoms with E-state index in [1.54, 1.807) is 12.1 Å². The van der Waals surface area contributed by atoms with Gasteiger partial charge in [-0.25, -0.2) is 0 Å². The quantitative estimate of drug-likeness (QED) is 0.787. The third-order valence-corrected chi connectivity index (χ3v) is 3.98. The number of primary amides is 1. The van der Waals surface area contributed by atoms with E-state index in [1.165, 1.54) is 30.3 Å². The molecular weight excluding hydrogens is 401 g/mol. The van der Waals surface area contributed by atoms with Crippen LogP contribution in [0.15, 0.2) is 53.0 Å². The molecule has 0 fully saturated rings. The first-order valence-corrected chi connectivity index (χ1v) is 7.98. The summed E-state index contributed by atoms with van der Waals surface area (Å²) in [5.41, 5.74) is 4.53. The van der Waals surface area contributed by atoms with Gasteiger partial charge in [0.25, 0.3) is 5.91 Å². The molecule has 25 heavy (non-hydrogen) atoms. The van der Waals surface area contributed by atoms with Crippen molar-refractivity contribution < 1.29 is 22.8 Å². The molecule has 4 nitrogen and oxygen atoms in total. The fraction of sp³-hybridized carbons (Fsp3) is 0.176. The van der Waals surface area contributed by atoms with Crippen LogP contribution in [-0.2, 0) is 17.4 Å². The Kier molecular flexibility index (Phi) is 5.84. The van der Waals surface area contributed by atoms with Crippen LogP contribution in [0.1, 0.15) is 21.5 Å². The second-order valence-corrected chi connectivity index (χ2v) is 6.21. The Morgan fingerprint density at radius 2 is 1.80 bits per heavy atom. The fourth-order valence-corrected chi connectivity index (χ4v) is 2.69. The fourth-order valence-electron chi connectivity index (χ4n) is 2.29. The van der Waals surface area contributed by atoms with Gasteiger partial charge in [0.05, 0.1) is 5.56 Å². The average molecular weight is 415 g/mol. The SMILES string of the molecule is NC(=O)[C@@H](Cc1ccccc1C(F)(F)F)NC(=O)c1cccc(Br)c1. The molecule has 0 saturated carbocycles. The Morgan fingerprint density at radius 3 is 2.40 bits per heavy atom. The number of alkyl halides is 3. The van der Waals surface area contributed by atoms with Crippen molar-refractivity contribution >= 4 is 27.7 Å². The number of halogens is 4. The van der Waals surface area contributed by atoms with Gasteiger partial charge in [-0.2, -0.15) is 13.2 Å². The molecule has 0 radical (unpaired) electrons. The van der Waals surface area contributed by atoms with E-state index in [2.05, 4.69) is 21.2 Å². The van der Waals surface area contributed by atoms with Crippen LogP contribution in [0.5, 0.6) is 0 Å². The molecule has 0 aliphatic rings. The number of hydrogen-bond donors (Lipinski definition) is 2. The third-order valence-electron chi connectivity index (χ3n) is 3.48.